The predicted molar refractivity (Wildman–Crippen MR) is 109 cm³/mol. The van der Waals surface area contributed by atoms with Crippen molar-refractivity contribution in [1.82, 2.24) is 25.0 Å². The quantitative estimate of drug-likeness (QED) is 0.499. The largest absolute Gasteiger partial charge is 0.497 e. The summed E-state index contributed by atoms with van der Waals surface area (Å²) < 4.78 is 7.25. The van der Waals surface area contributed by atoms with Crippen LogP contribution in [-0.4, -0.2) is 32.1 Å². The standard InChI is InChI=1S/C21H16N6OS/c1-14-4-3-5-15(12-14)20-25-26-21(29-19-11-6-16(13-22)23-24-19)27(20)17-7-9-18(28-2)10-8-17/h3-12H,1-2H3. The van der Waals surface area contributed by atoms with E-state index in [1.54, 1.807) is 19.2 Å². The highest BCUT2D eigenvalue weighted by atomic mass is 32.2. The first-order valence-corrected chi connectivity index (χ1v) is 9.58. The number of nitriles is 1. The molecule has 0 amide bonds. The second kappa shape index (κ2) is 8.12. The third-order valence-electron chi connectivity index (χ3n) is 4.19. The number of methoxy groups -OCH3 is 1. The van der Waals surface area contributed by atoms with Crippen LogP contribution in [0.2, 0.25) is 0 Å². The molecule has 0 bridgehead atoms. The molecule has 7 nitrogen and oxygen atoms in total. The van der Waals surface area contributed by atoms with Crippen LogP contribution in [0.25, 0.3) is 17.1 Å². The molecule has 0 aliphatic rings. The number of ether oxygens (including phenoxy) is 1. The van der Waals surface area contributed by atoms with E-state index in [2.05, 4.69) is 26.5 Å². The van der Waals surface area contributed by atoms with Gasteiger partial charge < -0.3 is 4.74 Å². The lowest BCUT2D eigenvalue weighted by molar-refractivity contribution is 0.414. The van der Waals surface area contributed by atoms with Crippen molar-refractivity contribution in [2.75, 3.05) is 7.11 Å². The van der Waals surface area contributed by atoms with Gasteiger partial charge in [-0.1, -0.05) is 23.8 Å². The Bertz CT molecular complexity index is 1180. The Kier molecular flexibility index (Phi) is 5.22. The lowest BCUT2D eigenvalue weighted by Crippen LogP contribution is -2.00. The SMILES string of the molecule is COc1ccc(-n2c(Sc3ccc(C#N)nn3)nnc2-c2cccc(C)c2)cc1. The van der Waals surface area contributed by atoms with Crippen LogP contribution in [0.1, 0.15) is 11.3 Å². The van der Waals surface area contributed by atoms with E-state index in [4.69, 9.17) is 10.00 Å². The molecule has 2 aromatic heterocycles. The Morgan fingerprint density at radius 3 is 2.45 bits per heavy atom. The summed E-state index contributed by atoms with van der Waals surface area (Å²) in [5.74, 6) is 1.49. The molecule has 4 aromatic rings. The van der Waals surface area contributed by atoms with Crippen LogP contribution in [0.5, 0.6) is 5.75 Å². The van der Waals surface area contributed by atoms with Crippen molar-refractivity contribution in [2.45, 2.75) is 17.1 Å². The van der Waals surface area contributed by atoms with E-state index in [1.165, 1.54) is 11.8 Å². The molecule has 0 N–H and O–H groups in total. The van der Waals surface area contributed by atoms with Crippen LogP contribution in [0, 0.1) is 18.3 Å². The van der Waals surface area contributed by atoms with Crippen molar-refractivity contribution in [3.8, 4) is 28.9 Å². The Morgan fingerprint density at radius 2 is 1.79 bits per heavy atom. The third-order valence-corrected chi connectivity index (χ3v) is 5.06. The molecule has 0 aliphatic carbocycles. The molecule has 29 heavy (non-hydrogen) atoms. The normalized spacial score (nSPS) is 10.5. The summed E-state index contributed by atoms with van der Waals surface area (Å²) in [7, 11) is 1.64. The van der Waals surface area contributed by atoms with Gasteiger partial charge in [0.2, 0.25) is 5.16 Å². The lowest BCUT2D eigenvalue weighted by Gasteiger charge is -2.11. The number of benzene rings is 2. The fraction of sp³-hybridized carbons (Fsp3) is 0.0952. The smallest absolute Gasteiger partial charge is 0.202 e. The summed E-state index contributed by atoms with van der Waals surface area (Å²) in [6.45, 7) is 2.04. The van der Waals surface area contributed by atoms with Gasteiger partial charge in [0, 0.05) is 5.56 Å². The average molecular weight is 400 g/mol. The van der Waals surface area contributed by atoms with Crippen LogP contribution in [0.3, 0.4) is 0 Å². The van der Waals surface area contributed by atoms with Crippen molar-refractivity contribution < 1.29 is 4.74 Å². The lowest BCUT2D eigenvalue weighted by atomic mass is 10.1. The van der Waals surface area contributed by atoms with Gasteiger partial charge in [-0.2, -0.15) is 5.26 Å². The number of nitrogens with zero attached hydrogens (tertiary/aromatic N) is 6. The Labute approximate surface area is 172 Å². The van der Waals surface area contributed by atoms with Crippen LogP contribution in [-0.2, 0) is 0 Å². The molecule has 2 heterocycles. The predicted octanol–water partition coefficient (Wildman–Crippen LogP) is 4.06. The summed E-state index contributed by atoms with van der Waals surface area (Å²) in [4.78, 5) is 0. The summed E-state index contributed by atoms with van der Waals surface area (Å²) in [6, 6.07) is 21.2. The van der Waals surface area contributed by atoms with Crippen LogP contribution in [0.4, 0.5) is 0 Å². The highest BCUT2D eigenvalue weighted by Crippen LogP contribution is 2.32. The molecule has 0 radical (unpaired) electrons. The van der Waals surface area contributed by atoms with Crippen molar-refractivity contribution in [1.29, 1.82) is 5.26 Å². The van der Waals surface area contributed by atoms with Gasteiger partial charge >= 0.3 is 0 Å². The van der Waals surface area contributed by atoms with Gasteiger partial charge in [0.25, 0.3) is 0 Å². The number of rotatable bonds is 5. The average Bonchev–Trinajstić information content (AvgIpc) is 3.18. The van der Waals surface area contributed by atoms with Crippen molar-refractivity contribution in [3.05, 3.63) is 71.9 Å². The van der Waals surface area contributed by atoms with Crippen LogP contribution in [0.15, 0.2) is 70.8 Å². The first-order chi connectivity index (χ1) is 14.2. The maximum absolute atomic E-state index is 8.91. The number of hydrogen-bond acceptors (Lipinski definition) is 7. The molecule has 0 fully saturated rings. The van der Waals surface area contributed by atoms with Gasteiger partial charge in [0.05, 0.1) is 12.8 Å². The molecule has 0 atom stereocenters. The highest BCUT2D eigenvalue weighted by molar-refractivity contribution is 7.99. The molecule has 0 aliphatic heterocycles. The molecular formula is C21H16N6OS. The van der Waals surface area contributed by atoms with Gasteiger partial charge in [-0.3, -0.25) is 4.57 Å². The highest BCUT2D eigenvalue weighted by Gasteiger charge is 2.18. The van der Waals surface area contributed by atoms with E-state index in [9.17, 15) is 0 Å². The fourth-order valence-corrected chi connectivity index (χ4v) is 3.57. The summed E-state index contributed by atoms with van der Waals surface area (Å²) in [5, 5.41) is 27.0. The molecule has 2 aromatic carbocycles. The zero-order chi connectivity index (χ0) is 20.2. The topological polar surface area (TPSA) is 89.5 Å². The minimum Gasteiger partial charge on any atom is -0.497 e. The third kappa shape index (κ3) is 3.95. The first kappa shape index (κ1) is 18.7. The maximum Gasteiger partial charge on any atom is 0.202 e. The van der Waals surface area contributed by atoms with E-state index in [-0.39, 0.29) is 5.69 Å². The molecule has 0 saturated heterocycles. The molecule has 4 rings (SSSR count). The molecule has 142 valence electrons. The second-order valence-corrected chi connectivity index (χ2v) is 7.17. The second-order valence-electron chi connectivity index (χ2n) is 6.18. The van der Waals surface area contributed by atoms with Crippen molar-refractivity contribution >= 4 is 11.8 Å². The molecule has 0 spiro atoms. The fourth-order valence-electron chi connectivity index (χ4n) is 2.80. The molecule has 0 unspecified atom stereocenters. The zero-order valence-corrected chi connectivity index (χ0v) is 16.6. The van der Waals surface area contributed by atoms with Crippen LogP contribution >= 0.6 is 11.8 Å². The Hall–Kier alpha value is -3.70. The van der Waals surface area contributed by atoms with E-state index in [0.29, 0.717) is 10.2 Å². The van der Waals surface area contributed by atoms with Gasteiger partial charge in [0.1, 0.15) is 16.8 Å². The van der Waals surface area contributed by atoms with Gasteiger partial charge in [-0.05, 0) is 61.2 Å². The Balaban J connectivity index is 1.81. The van der Waals surface area contributed by atoms with E-state index in [0.717, 1.165) is 28.4 Å². The monoisotopic (exact) mass is 400 g/mol. The Morgan fingerprint density at radius 1 is 0.966 bits per heavy atom. The van der Waals surface area contributed by atoms with E-state index >= 15 is 0 Å². The maximum atomic E-state index is 8.91. The molecule has 8 heteroatoms. The zero-order valence-electron chi connectivity index (χ0n) is 15.8. The number of hydrogen-bond donors (Lipinski definition) is 0. The van der Waals surface area contributed by atoms with Crippen molar-refractivity contribution in [3.63, 3.8) is 0 Å². The van der Waals surface area contributed by atoms with E-state index < -0.39 is 0 Å². The minimum atomic E-state index is 0.270. The van der Waals surface area contributed by atoms with E-state index in [1.807, 2.05) is 60.0 Å². The first-order valence-electron chi connectivity index (χ1n) is 8.76. The molecule has 0 saturated carbocycles. The number of aromatic nitrogens is 5. The van der Waals surface area contributed by atoms with Gasteiger partial charge in [0.15, 0.2) is 11.5 Å². The minimum absolute atomic E-state index is 0.270. The van der Waals surface area contributed by atoms with Gasteiger partial charge in [-0.15, -0.1) is 20.4 Å². The van der Waals surface area contributed by atoms with Gasteiger partial charge in [-0.25, -0.2) is 0 Å². The molecular weight excluding hydrogens is 384 g/mol. The summed E-state index contributed by atoms with van der Waals surface area (Å²) in [6.07, 6.45) is 0. The summed E-state index contributed by atoms with van der Waals surface area (Å²) in [5.41, 5.74) is 3.27. The number of aryl methyl sites for hydroxylation is 1. The van der Waals surface area contributed by atoms with Crippen LogP contribution < -0.4 is 4.74 Å². The van der Waals surface area contributed by atoms with Crippen molar-refractivity contribution in [2.24, 2.45) is 0 Å². The summed E-state index contributed by atoms with van der Waals surface area (Å²) >= 11 is 1.33.